The molecule has 3 unspecified atom stereocenters. The molecule has 1 fully saturated rings. The van der Waals surface area contributed by atoms with E-state index in [1.807, 2.05) is 48.8 Å². The van der Waals surface area contributed by atoms with Gasteiger partial charge in [0.25, 0.3) is 0 Å². The molecule has 0 amide bonds. The van der Waals surface area contributed by atoms with Crippen LogP contribution in [-0.4, -0.2) is 33.2 Å². The lowest BCUT2D eigenvalue weighted by Crippen LogP contribution is -2.37. The summed E-state index contributed by atoms with van der Waals surface area (Å²) in [5.41, 5.74) is 4.37. The third-order valence-corrected chi connectivity index (χ3v) is 7.36. The van der Waals surface area contributed by atoms with Crippen molar-refractivity contribution in [1.29, 1.82) is 0 Å². The number of aromatic nitrogens is 1. The second-order valence-electron chi connectivity index (χ2n) is 17.4. The third kappa shape index (κ3) is 23.6. The lowest BCUT2D eigenvalue weighted by Gasteiger charge is -2.26. The summed E-state index contributed by atoms with van der Waals surface area (Å²) in [7, 11) is 0. The fourth-order valence-electron chi connectivity index (χ4n) is 5.19. The maximum Gasteiger partial charge on any atom is 0.123 e. The van der Waals surface area contributed by atoms with Crippen molar-refractivity contribution >= 4 is 11.6 Å². The van der Waals surface area contributed by atoms with Crippen molar-refractivity contribution in [3.05, 3.63) is 101 Å². The van der Waals surface area contributed by atoms with Crippen LogP contribution in [0.1, 0.15) is 152 Å². The minimum atomic E-state index is -0.184. The van der Waals surface area contributed by atoms with Crippen LogP contribution in [0.25, 0.3) is 0 Å². The van der Waals surface area contributed by atoms with Crippen LogP contribution >= 0.6 is 11.6 Å². The van der Waals surface area contributed by atoms with Crippen LogP contribution in [0, 0.1) is 5.82 Å². The van der Waals surface area contributed by atoms with Crippen LogP contribution in [0.3, 0.4) is 0 Å². The molecule has 2 aromatic carbocycles. The minimum Gasteiger partial charge on any atom is -0.309 e. The maximum absolute atomic E-state index is 12.7. The summed E-state index contributed by atoms with van der Waals surface area (Å²) in [6.07, 6.45) is 6.43. The van der Waals surface area contributed by atoms with Gasteiger partial charge < -0.3 is 21.3 Å². The molecule has 1 saturated carbocycles. The van der Waals surface area contributed by atoms with Crippen molar-refractivity contribution in [2.45, 2.75) is 163 Å². The first-order valence-corrected chi connectivity index (χ1v) is 18.2. The molecule has 0 saturated heterocycles. The van der Waals surface area contributed by atoms with E-state index < -0.39 is 0 Å². The monoisotopic (exact) mass is 698 g/mol. The van der Waals surface area contributed by atoms with Gasteiger partial charge in [-0.2, -0.15) is 0 Å². The molecule has 276 valence electrons. The smallest absolute Gasteiger partial charge is 0.123 e. The summed E-state index contributed by atoms with van der Waals surface area (Å²) in [5.74, 6) is -0.184. The molecule has 7 heteroatoms. The molecule has 0 aliphatic heterocycles. The van der Waals surface area contributed by atoms with Crippen LogP contribution in [0.15, 0.2) is 73.1 Å². The Labute approximate surface area is 305 Å². The average Bonchev–Trinajstić information content (AvgIpc) is 3.75. The molecule has 1 heterocycles. The molecule has 0 bridgehead atoms. The van der Waals surface area contributed by atoms with Crippen LogP contribution in [0.2, 0.25) is 5.02 Å². The molecule has 3 atom stereocenters. The molecule has 49 heavy (non-hydrogen) atoms. The van der Waals surface area contributed by atoms with Crippen molar-refractivity contribution < 1.29 is 4.39 Å². The van der Waals surface area contributed by atoms with E-state index in [0.29, 0.717) is 17.6 Å². The second-order valence-corrected chi connectivity index (χ2v) is 17.8. The highest BCUT2D eigenvalue weighted by Gasteiger charge is 2.25. The van der Waals surface area contributed by atoms with Crippen molar-refractivity contribution in [1.82, 2.24) is 26.3 Å². The first-order chi connectivity index (χ1) is 22.3. The lowest BCUT2D eigenvalue weighted by molar-refractivity contribution is 0.377. The number of hydrogen-bond acceptors (Lipinski definition) is 5. The zero-order chi connectivity index (χ0) is 37.6. The van der Waals surface area contributed by atoms with E-state index >= 15 is 0 Å². The fourth-order valence-corrected chi connectivity index (χ4v) is 5.32. The molecular formula is C42H69ClFN5. The first kappa shape index (κ1) is 44.7. The van der Waals surface area contributed by atoms with Crippen LogP contribution in [0.4, 0.5) is 4.39 Å². The Hall–Kier alpha value is -2.35. The van der Waals surface area contributed by atoms with E-state index in [1.54, 1.807) is 0 Å². The largest absolute Gasteiger partial charge is 0.309 e. The highest BCUT2D eigenvalue weighted by atomic mass is 35.5. The third-order valence-electron chi connectivity index (χ3n) is 7.11. The van der Waals surface area contributed by atoms with E-state index in [1.165, 1.54) is 36.1 Å². The van der Waals surface area contributed by atoms with Gasteiger partial charge in [0.2, 0.25) is 0 Å². The second kappa shape index (κ2) is 19.9. The molecule has 3 aromatic rings. The highest BCUT2D eigenvalue weighted by molar-refractivity contribution is 6.30. The number of hydrogen-bond donors (Lipinski definition) is 4. The van der Waals surface area contributed by atoms with E-state index in [9.17, 15) is 4.39 Å². The van der Waals surface area contributed by atoms with Gasteiger partial charge >= 0.3 is 0 Å². The Morgan fingerprint density at radius 2 is 0.878 bits per heavy atom. The Morgan fingerprint density at radius 3 is 1.16 bits per heavy atom. The standard InChI is InChI=1S/C12H18ClN.C12H18FN.C11H18N2.C7H15N/c2*1-9(14-12(2,3)4)10-5-7-11(13)8-6-10;1-9(13-11(2,3)4)10-5-7-12-8-6-10;1-7(2,3)8-6-4-5-6/h2*5-9,14H,1-4H3;5-9,13H,1-4H3;6,8H,4-5H2,1-3H3. The van der Waals surface area contributed by atoms with Crippen molar-refractivity contribution in [2.24, 2.45) is 0 Å². The fraction of sp³-hybridized carbons (Fsp3) is 0.595. The zero-order valence-corrected chi connectivity index (χ0v) is 34.1. The molecule has 4 N–H and O–H groups in total. The van der Waals surface area contributed by atoms with Gasteiger partial charge in [0.15, 0.2) is 0 Å². The number of pyridine rings is 1. The Morgan fingerprint density at radius 1 is 0.551 bits per heavy atom. The number of rotatable bonds is 7. The average molecular weight is 698 g/mol. The molecule has 1 aliphatic rings. The van der Waals surface area contributed by atoms with Gasteiger partial charge in [-0.25, -0.2) is 4.39 Å². The van der Waals surface area contributed by atoms with Crippen molar-refractivity contribution in [2.75, 3.05) is 0 Å². The van der Waals surface area contributed by atoms with Gasteiger partial charge in [-0.1, -0.05) is 35.9 Å². The molecule has 4 rings (SSSR count). The van der Waals surface area contributed by atoms with Gasteiger partial charge in [0, 0.05) is 63.7 Å². The van der Waals surface area contributed by atoms with Crippen LogP contribution in [-0.2, 0) is 0 Å². The molecular weight excluding hydrogens is 629 g/mol. The number of benzene rings is 2. The summed E-state index contributed by atoms with van der Waals surface area (Å²) in [4.78, 5) is 4.00. The van der Waals surface area contributed by atoms with E-state index in [2.05, 4.69) is 142 Å². The van der Waals surface area contributed by atoms with Crippen LogP contribution < -0.4 is 21.3 Å². The topological polar surface area (TPSA) is 61.0 Å². The summed E-state index contributed by atoms with van der Waals surface area (Å²) < 4.78 is 12.7. The predicted molar refractivity (Wildman–Crippen MR) is 212 cm³/mol. The van der Waals surface area contributed by atoms with E-state index in [0.717, 1.165) is 16.6 Å². The highest BCUT2D eigenvalue weighted by Crippen LogP contribution is 2.22. The normalized spacial score (nSPS) is 15.3. The van der Waals surface area contributed by atoms with E-state index in [4.69, 9.17) is 11.6 Å². The minimum absolute atomic E-state index is 0.0772. The van der Waals surface area contributed by atoms with E-state index in [-0.39, 0.29) is 28.5 Å². The zero-order valence-electron chi connectivity index (χ0n) is 33.4. The molecule has 0 radical (unpaired) electrons. The van der Waals surface area contributed by atoms with Crippen LogP contribution in [0.5, 0.6) is 0 Å². The lowest BCUT2D eigenvalue weighted by atomic mass is 10.0. The SMILES string of the molecule is CC(C)(C)NC1CC1.CC(NC(C)(C)C)c1ccc(Cl)cc1.CC(NC(C)(C)C)c1ccc(F)cc1.CC(NC(C)(C)C)c1ccncc1. The van der Waals surface area contributed by atoms with Gasteiger partial charge in [-0.3, -0.25) is 4.98 Å². The number of nitrogens with zero attached hydrogens (tertiary/aromatic N) is 1. The Kier molecular flexibility index (Phi) is 18.1. The summed E-state index contributed by atoms with van der Waals surface area (Å²) >= 11 is 5.83. The maximum atomic E-state index is 12.7. The Bertz CT molecular complexity index is 1230. The molecule has 5 nitrogen and oxygen atoms in total. The van der Waals surface area contributed by atoms with Gasteiger partial charge in [-0.05, 0) is 170 Å². The number of nitrogens with one attached hydrogen (secondary N) is 4. The van der Waals surface area contributed by atoms with Crippen molar-refractivity contribution in [3.63, 3.8) is 0 Å². The van der Waals surface area contributed by atoms with Gasteiger partial charge in [0.05, 0.1) is 0 Å². The summed E-state index contributed by atoms with van der Waals surface area (Å²) in [6.45, 7) is 32.4. The van der Waals surface area contributed by atoms with Crippen molar-refractivity contribution in [3.8, 4) is 0 Å². The summed E-state index contributed by atoms with van der Waals surface area (Å²) in [6, 6.07) is 20.5. The molecule has 1 aromatic heterocycles. The Balaban J connectivity index is 0.000000332. The van der Waals surface area contributed by atoms with Gasteiger partial charge in [-0.15, -0.1) is 0 Å². The summed E-state index contributed by atoms with van der Waals surface area (Å²) in [5, 5.41) is 14.7. The van der Waals surface area contributed by atoms with Gasteiger partial charge in [0.1, 0.15) is 5.82 Å². The molecule has 0 spiro atoms. The predicted octanol–water partition coefficient (Wildman–Crippen LogP) is 11.1. The quantitative estimate of drug-likeness (QED) is 0.198. The number of halogens is 2. The molecule has 1 aliphatic carbocycles. The first-order valence-electron chi connectivity index (χ1n) is 17.9.